The van der Waals surface area contributed by atoms with Crippen molar-refractivity contribution in [2.45, 2.75) is 37.9 Å². The number of hydrogen-bond donors (Lipinski definition) is 0. The van der Waals surface area contributed by atoms with Crippen LogP contribution in [0.2, 0.25) is 0 Å². The summed E-state index contributed by atoms with van der Waals surface area (Å²) in [7, 11) is 0. The van der Waals surface area contributed by atoms with Crippen LogP contribution in [0.3, 0.4) is 0 Å². The number of nitrogens with zero attached hydrogens (tertiary/aromatic N) is 6. The Morgan fingerprint density at radius 2 is 0.914 bits per heavy atom. The Labute approximate surface area is 327 Å². The molecule has 2 atom stereocenters. The third kappa shape index (κ3) is 9.08. The first-order chi connectivity index (χ1) is 28.0. The van der Waals surface area contributed by atoms with Crippen LogP contribution < -0.4 is 18.9 Å². The molecule has 0 spiro atoms. The molecule has 0 aliphatic carbocycles. The third-order valence-corrected chi connectivity index (χ3v) is 9.17. The molecule has 0 bridgehead atoms. The van der Waals surface area contributed by atoms with Crippen LogP contribution in [0.4, 0.5) is 22.7 Å². The van der Waals surface area contributed by atoms with Crippen molar-refractivity contribution in [1.29, 1.82) is 0 Å². The van der Waals surface area contributed by atoms with Crippen molar-refractivity contribution < 1.29 is 38.6 Å². The van der Waals surface area contributed by atoms with Crippen molar-refractivity contribution in [1.82, 2.24) is 9.97 Å². The quantitative estimate of drug-likeness (QED) is 0.0928. The van der Waals surface area contributed by atoms with Crippen LogP contribution in [0, 0.1) is 40.5 Å². The monoisotopic (exact) mass is 786 g/mol. The zero-order chi connectivity index (χ0) is 40.8. The molecule has 4 aromatic carbocycles. The summed E-state index contributed by atoms with van der Waals surface area (Å²) in [4.78, 5) is 49.3. The number of ether oxygens (including phenoxy) is 4. The minimum Gasteiger partial charge on any atom is -0.485 e. The Balaban J connectivity index is 0.000000177. The first-order valence-electron chi connectivity index (χ1n) is 17.6. The highest BCUT2D eigenvalue weighted by molar-refractivity contribution is 5.46. The number of hydrogen-bond acceptors (Lipinski definition) is 14. The lowest BCUT2D eigenvalue weighted by Gasteiger charge is -2.26. The minimum absolute atomic E-state index is 0.0382. The number of non-ortho nitro benzene ring substituents is 2. The van der Waals surface area contributed by atoms with Crippen LogP contribution in [-0.4, -0.2) is 29.7 Å². The van der Waals surface area contributed by atoms with Gasteiger partial charge in [-0.15, -0.1) is 0 Å². The summed E-state index contributed by atoms with van der Waals surface area (Å²) in [5, 5.41) is 43.4. The van der Waals surface area contributed by atoms with Crippen LogP contribution in [0.1, 0.15) is 47.3 Å². The molecule has 2 unspecified atom stereocenters. The number of nitro benzene ring substituents is 2. The Bertz CT molecular complexity index is 2340. The maximum Gasteiger partial charge on any atom is 0.287 e. The molecule has 0 fully saturated rings. The second kappa shape index (κ2) is 16.8. The molecule has 0 amide bonds. The van der Waals surface area contributed by atoms with Crippen LogP contribution in [0.5, 0.6) is 34.8 Å². The summed E-state index contributed by atoms with van der Waals surface area (Å²) in [5.41, 5.74) is 3.29. The first-order valence-corrected chi connectivity index (χ1v) is 17.6. The van der Waals surface area contributed by atoms with E-state index in [1.54, 1.807) is 36.4 Å². The molecule has 292 valence electrons. The van der Waals surface area contributed by atoms with E-state index in [1.807, 2.05) is 24.3 Å². The Hall–Kier alpha value is -8.02. The van der Waals surface area contributed by atoms with E-state index >= 15 is 0 Å². The van der Waals surface area contributed by atoms with Crippen molar-refractivity contribution in [2.24, 2.45) is 0 Å². The molecular weight excluding hydrogens is 756 g/mol. The van der Waals surface area contributed by atoms with Crippen molar-refractivity contribution in [3.05, 3.63) is 184 Å². The molecule has 58 heavy (non-hydrogen) atoms. The number of pyridine rings is 2. The van der Waals surface area contributed by atoms with Crippen molar-refractivity contribution in [3.63, 3.8) is 0 Å². The smallest absolute Gasteiger partial charge is 0.287 e. The van der Waals surface area contributed by atoms with Crippen LogP contribution in [0.25, 0.3) is 0 Å². The van der Waals surface area contributed by atoms with E-state index in [-0.39, 0.29) is 46.7 Å². The summed E-state index contributed by atoms with van der Waals surface area (Å²) in [6.07, 6.45) is 4.54. The third-order valence-electron chi connectivity index (χ3n) is 9.17. The largest absolute Gasteiger partial charge is 0.485 e. The summed E-state index contributed by atoms with van der Waals surface area (Å²) in [5.74, 6) is 2.97. The normalized spacial score (nSPS) is 15.1. The predicted molar refractivity (Wildman–Crippen MR) is 204 cm³/mol. The van der Waals surface area contributed by atoms with E-state index in [4.69, 9.17) is 18.9 Å². The van der Waals surface area contributed by atoms with Gasteiger partial charge in [0.05, 0.1) is 19.7 Å². The van der Waals surface area contributed by atoms with E-state index in [9.17, 15) is 40.5 Å². The van der Waals surface area contributed by atoms with Gasteiger partial charge >= 0.3 is 0 Å². The molecule has 0 N–H and O–H groups in total. The van der Waals surface area contributed by atoms with Gasteiger partial charge in [0, 0.05) is 48.5 Å². The first kappa shape index (κ1) is 38.3. The van der Waals surface area contributed by atoms with Gasteiger partial charge in [0.2, 0.25) is 11.8 Å². The van der Waals surface area contributed by atoms with Crippen molar-refractivity contribution in [2.75, 3.05) is 0 Å². The number of aryl methyl sites for hydroxylation is 2. The lowest BCUT2D eigenvalue weighted by Crippen LogP contribution is -2.15. The molecular formula is C40H30N6O12. The average molecular weight is 787 g/mol. The molecule has 6 aromatic rings. The van der Waals surface area contributed by atoms with Gasteiger partial charge in [0.15, 0.2) is 0 Å². The second-order valence-corrected chi connectivity index (χ2v) is 13.0. The van der Waals surface area contributed by atoms with E-state index in [1.165, 1.54) is 48.5 Å². The number of nitro groups is 4. The Kier molecular flexibility index (Phi) is 11.1. The van der Waals surface area contributed by atoms with Crippen LogP contribution in [0.15, 0.2) is 122 Å². The molecule has 2 aliphatic rings. The summed E-state index contributed by atoms with van der Waals surface area (Å²) < 4.78 is 23.4. The molecule has 18 heteroatoms. The summed E-state index contributed by atoms with van der Waals surface area (Å²) >= 11 is 0. The zero-order valence-corrected chi connectivity index (χ0v) is 30.1. The van der Waals surface area contributed by atoms with Crippen LogP contribution in [-0.2, 0) is 12.8 Å². The fourth-order valence-electron chi connectivity index (χ4n) is 6.33. The number of rotatable bonds is 10. The topological polar surface area (TPSA) is 235 Å². The van der Waals surface area contributed by atoms with Crippen LogP contribution >= 0.6 is 0 Å². The van der Waals surface area contributed by atoms with E-state index in [2.05, 4.69) is 9.97 Å². The molecule has 2 aliphatic heterocycles. The lowest BCUT2D eigenvalue weighted by molar-refractivity contribution is -0.385. The fraction of sp³-hybridized carbons (Fsp3) is 0.150. The zero-order valence-electron chi connectivity index (χ0n) is 30.1. The highest BCUT2D eigenvalue weighted by Crippen LogP contribution is 2.40. The van der Waals surface area contributed by atoms with Gasteiger partial charge in [0.25, 0.3) is 22.7 Å². The number of fused-ring (bicyclic) bond motifs is 2. The molecule has 0 radical (unpaired) electrons. The average Bonchev–Trinajstić information content (AvgIpc) is 3.24. The van der Waals surface area contributed by atoms with Crippen molar-refractivity contribution in [3.8, 4) is 34.8 Å². The highest BCUT2D eigenvalue weighted by Gasteiger charge is 2.25. The molecule has 8 rings (SSSR count). The molecule has 18 nitrogen and oxygen atoms in total. The highest BCUT2D eigenvalue weighted by atomic mass is 16.6. The lowest BCUT2D eigenvalue weighted by atomic mass is 9.97. The SMILES string of the molecule is O=[N+]([O-])c1ccc(Oc2ccc3c(c2)CCC(c2cccc([N+](=O)[O-])c2)O3)nc1.O=[N+]([O-])c1ccc(Oc2ccc3c(c2)CCC(c2cccc([N+](=O)[O-])c2)O3)nc1. The predicted octanol–water partition coefficient (Wildman–Crippen LogP) is 9.51. The van der Waals surface area contributed by atoms with Gasteiger partial charge in [-0.1, -0.05) is 24.3 Å². The Morgan fingerprint density at radius 3 is 1.28 bits per heavy atom. The van der Waals surface area contributed by atoms with Gasteiger partial charge in [-0.3, -0.25) is 40.5 Å². The van der Waals surface area contributed by atoms with Gasteiger partial charge < -0.3 is 18.9 Å². The Morgan fingerprint density at radius 1 is 0.500 bits per heavy atom. The standard InChI is InChI=1S/2C20H15N3O6/c2*24-22(25)15-3-1-2-13(10-15)18-7-4-14-11-17(6-8-19(14)29-18)28-20-9-5-16(12-21-20)23(26)27/h2*1-3,5-6,8-12,18H,4,7H2. The van der Waals surface area contributed by atoms with Gasteiger partial charge in [-0.05, 0) is 84.3 Å². The van der Waals surface area contributed by atoms with E-state index in [0.717, 1.165) is 34.6 Å². The molecule has 2 aromatic heterocycles. The number of aromatic nitrogens is 2. The fourth-order valence-corrected chi connectivity index (χ4v) is 6.33. The summed E-state index contributed by atoms with van der Waals surface area (Å²) in [6, 6.07) is 29.1. The van der Waals surface area contributed by atoms with Gasteiger partial charge in [-0.2, -0.15) is 0 Å². The maximum absolute atomic E-state index is 11.0. The maximum atomic E-state index is 11.0. The number of benzene rings is 4. The van der Waals surface area contributed by atoms with E-state index < -0.39 is 19.7 Å². The van der Waals surface area contributed by atoms with Crippen molar-refractivity contribution >= 4 is 22.7 Å². The van der Waals surface area contributed by atoms with Gasteiger partial charge in [-0.25, -0.2) is 9.97 Å². The second-order valence-electron chi connectivity index (χ2n) is 13.0. The molecule has 0 saturated carbocycles. The molecule has 4 heterocycles. The molecule has 0 saturated heterocycles. The minimum atomic E-state index is -0.523. The summed E-state index contributed by atoms with van der Waals surface area (Å²) in [6.45, 7) is 0. The van der Waals surface area contributed by atoms with E-state index in [0.29, 0.717) is 48.7 Å². The van der Waals surface area contributed by atoms with Gasteiger partial charge in [0.1, 0.15) is 47.6 Å².